The van der Waals surface area contributed by atoms with Crippen LogP contribution in [0.1, 0.15) is 13.8 Å². The van der Waals surface area contributed by atoms with Gasteiger partial charge in [0.15, 0.2) is 0 Å². The van der Waals surface area contributed by atoms with Gasteiger partial charge in [-0.1, -0.05) is 0 Å². The van der Waals surface area contributed by atoms with Crippen molar-refractivity contribution in [3.05, 3.63) is 0 Å². The van der Waals surface area contributed by atoms with Crippen LogP contribution in [0.4, 0.5) is 0 Å². The van der Waals surface area contributed by atoms with E-state index in [2.05, 4.69) is 0 Å². The predicted octanol–water partition coefficient (Wildman–Crippen LogP) is 1.18. The molecule has 0 fully saturated rings. The summed E-state index contributed by atoms with van der Waals surface area (Å²) < 4.78 is 10.4. The zero-order valence-corrected chi connectivity index (χ0v) is 7.55. The van der Waals surface area contributed by atoms with Crippen LogP contribution in [0.3, 0.4) is 0 Å². The zero-order chi connectivity index (χ0) is 6.41. The number of hydrogen-bond acceptors (Lipinski definition) is 2. The summed E-state index contributed by atoms with van der Waals surface area (Å²) >= 11 is -1.26. The van der Waals surface area contributed by atoms with E-state index in [1.807, 2.05) is 19.6 Å². The van der Waals surface area contributed by atoms with E-state index in [4.69, 9.17) is 7.45 Å². The summed E-state index contributed by atoms with van der Waals surface area (Å²) in [5.41, 5.74) is 2.04. The molecule has 8 heavy (non-hydrogen) atoms. The molecule has 0 N–H and O–H groups in total. The van der Waals surface area contributed by atoms with Gasteiger partial charge in [0.1, 0.15) is 0 Å². The van der Waals surface area contributed by atoms with Gasteiger partial charge < -0.3 is 0 Å². The predicted molar refractivity (Wildman–Crippen MR) is 34.9 cm³/mol. The first-order valence-electron chi connectivity index (χ1n) is 2.80. The molecular weight excluding hydrogens is 167 g/mol. The maximum absolute atomic E-state index is 5.21. The average Bonchev–Trinajstić information content (AvgIpc) is 1.68. The van der Waals surface area contributed by atoms with E-state index in [0.29, 0.717) is 0 Å². The quantitative estimate of drug-likeness (QED) is 0.604. The average molecular weight is 180 g/mol. The van der Waals surface area contributed by atoms with Gasteiger partial charge in [-0.05, 0) is 0 Å². The Morgan fingerprint density at radius 3 is 1.75 bits per heavy atom. The van der Waals surface area contributed by atoms with Crippen LogP contribution in [0.15, 0.2) is 0 Å². The van der Waals surface area contributed by atoms with Crippen molar-refractivity contribution in [2.45, 2.75) is 19.6 Å². The van der Waals surface area contributed by atoms with Crippen LogP contribution in [-0.2, 0) is 7.45 Å². The Kier molecular flexibility index (Phi) is 5.95. The molecule has 0 bridgehead atoms. The van der Waals surface area contributed by atoms with Crippen molar-refractivity contribution in [1.29, 1.82) is 0 Å². The van der Waals surface area contributed by atoms with Gasteiger partial charge in [0.2, 0.25) is 0 Å². The molecule has 0 spiro atoms. The third kappa shape index (κ3) is 4.63. The fourth-order valence-electron chi connectivity index (χ4n) is 0.401. The summed E-state index contributed by atoms with van der Waals surface area (Å²) in [6, 6.07) is 0. The summed E-state index contributed by atoms with van der Waals surface area (Å²) in [7, 11) is 0. The van der Waals surface area contributed by atoms with Gasteiger partial charge in [-0.2, -0.15) is 0 Å². The molecule has 0 aliphatic rings. The Morgan fingerprint density at radius 1 is 1.12 bits per heavy atom. The van der Waals surface area contributed by atoms with Crippen LogP contribution in [-0.4, -0.2) is 28.5 Å². The molecule has 0 aromatic rings. The van der Waals surface area contributed by atoms with Crippen molar-refractivity contribution in [2.24, 2.45) is 0 Å². The van der Waals surface area contributed by atoms with Gasteiger partial charge in [-0.25, -0.2) is 0 Å². The van der Waals surface area contributed by atoms with E-state index in [-0.39, 0.29) is 0 Å². The minimum atomic E-state index is -1.26. The molecule has 0 amide bonds. The van der Waals surface area contributed by atoms with Gasteiger partial charge in [0.05, 0.1) is 0 Å². The fourth-order valence-corrected chi connectivity index (χ4v) is 2.08. The SMILES string of the molecule is CCO[As](C)OCC. The second kappa shape index (κ2) is 5.61. The van der Waals surface area contributed by atoms with Crippen molar-refractivity contribution in [1.82, 2.24) is 0 Å². The van der Waals surface area contributed by atoms with Crippen LogP contribution in [0.5, 0.6) is 0 Å². The summed E-state index contributed by atoms with van der Waals surface area (Å²) in [6.45, 7) is 5.56. The molecule has 2 nitrogen and oxygen atoms in total. The standard InChI is InChI=1S/C5H13AsO2/c1-4-7-6(3)8-5-2/h4-5H2,1-3H3. The number of hydrogen-bond donors (Lipinski definition) is 0. The van der Waals surface area contributed by atoms with Crippen LogP contribution < -0.4 is 0 Å². The van der Waals surface area contributed by atoms with Gasteiger partial charge >= 0.3 is 55.6 Å². The first-order chi connectivity index (χ1) is 3.81. The molecule has 0 atom stereocenters. The number of rotatable bonds is 4. The molecule has 0 radical (unpaired) electrons. The molecule has 3 heteroatoms. The van der Waals surface area contributed by atoms with E-state index in [1.54, 1.807) is 0 Å². The van der Waals surface area contributed by atoms with Crippen LogP contribution in [0.25, 0.3) is 0 Å². The topological polar surface area (TPSA) is 18.5 Å². The summed E-state index contributed by atoms with van der Waals surface area (Å²) in [5, 5.41) is 0. The third-order valence-electron chi connectivity index (χ3n) is 0.622. The van der Waals surface area contributed by atoms with Crippen molar-refractivity contribution in [3.63, 3.8) is 0 Å². The molecule has 0 heterocycles. The molecule has 0 saturated carbocycles. The van der Waals surface area contributed by atoms with Gasteiger partial charge in [0, 0.05) is 0 Å². The van der Waals surface area contributed by atoms with Gasteiger partial charge in [0.25, 0.3) is 0 Å². The van der Waals surface area contributed by atoms with Gasteiger partial charge in [-0.3, -0.25) is 0 Å². The second-order valence-electron chi connectivity index (χ2n) is 1.28. The van der Waals surface area contributed by atoms with Crippen molar-refractivity contribution < 1.29 is 7.45 Å². The monoisotopic (exact) mass is 180 g/mol. The maximum atomic E-state index is 5.21. The third-order valence-corrected chi connectivity index (χ3v) is 3.23. The van der Waals surface area contributed by atoms with E-state index >= 15 is 0 Å². The Morgan fingerprint density at radius 2 is 1.50 bits per heavy atom. The van der Waals surface area contributed by atoms with Crippen LogP contribution >= 0.6 is 0 Å². The Balaban J connectivity index is 2.92. The van der Waals surface area contributed by atoms with Crippen molar-refractivity contribution >= 4 is 15.3 Å². The van der Waals surface area contributed by atoms with E-state index < -0.39 is 15.3 Å². The second-order valence-corrected chi connectivity index (χ2v) is 4.20. The van der Waals surface area contributed by atoms with Gasteiger partial charge in [-0.15, -0.1) is 0 Å². The Labute approximate surface area is 56.1 Å². The van der Waals surface area contributed by atoms with Crippen LogP contribution in [0.2, 0.25) is 5.71 Å². The van der Waals surface area contributed by atoms with E-state index in [0.717, 1.165) is 13.2 Å². The normalized spacial score (nSPS) is 10.5. The van der Waals surface area contributed by atoms with E-state index in [1.165, 1.54) is 0 Å². The van der Waals surface area contributed by atoms with Crippen LogP contribution in [0, 0.1) is 0 Å². The molecular formula is C5H13AsO2. The Bertz CT molecular complexity index is 43.7. The Hall–Kier alpha value is 0.478. The first-order valence-corrected chi connectivity index (χ1v) is 6.21. The van der Waals surface area contributed by atoms with Crippen molar-refractivity contribution in [2.75, 3.05) is 13.2 Å². The summed E-state index contributed by atoms with van der Waals surface area (Å²) in [5.74, 6) is 0. The van der Waals surface area contributed by atoms with E-state index in [9.17, 15) is 0 Å². The molecule has 0 unspecified atom stereocenters. The molecule has 0 rings (SSSR count). The zero-order valence-electron chi connectivity index (χ0n) is 5.68. The molecule has 0 aromatic carbocycles. The molecule has 0 saturated heterocycles. The fraction of sp³-hybridized carbons (Fsp3) is 1.00. The summed E-state index contributed by atoms with van der Waals surface area (Å²) in [4.78, 5) is 0. The van der Waals surface area contributed by atoms with Crippen molar-refractivity contribution in [3.8, 4) is 0 Å². The molecule has 0 aromatic heterocycles. The minimum absolute atomic E-state index is 0.788. The first kappa shape index (κ1) is 8.48. The molecule has 0 aliphatic heterocycles. The summed E-state index contributed by atoms with van der Waals surface area (Å²) in [6.07, 6.45) is 0. The molecule has 0 aliphatic carbocycles. The molecule has 50 valence electrons.